The van der Waals surface area contributed by atoms with Gasteiger partial charge < -0.3 is 5.32 Å². The van der Waals surface area contributed by atoms with Crippen molar-refractivity contribution in [1.29, 1.82) is 0 Å². The second kappa shape index (κ2) is 4.93. The fraction of sp³-hybridized carbons (Fsp3) is 0.533. The van der Waals surface area contributed by atoms with Gasteiger partial charge in [0.15, 0.2) is 0 Å². The fourth-order valence-corrected chi connectivity index (χ4v) is 2.75. The molecule has 1 N–H and O–H groups in total. The Labute approximate surface area is 112 Å². The molecule has 1 aromatic carbocycles. The standard InChI is InChI=1S/C15H19FN2O/c1-10-2-5-14(16)13(8-10)15(19)17-11-6-7-18(9-11)12-3-4-12/h2,5,8,11-12H,3-4,6-7,9H2,1H3,(H,17,19). The van der Waals surface area contributed by atoms with Crippen molar-refractivity contribution >= 4 is 5.91 Å². The van der Waals surface area contributed by atoms with Crippen LogP contribution in [-0.4, -0.2) is 36.0 Å². The van der Waals surface area contributed by atoms with E-state index in [2.05, 4.69) is 10.2 Å². The minimum atomic E-state index is -0.444. The highest BCUT2D eigenvalue weighted by atomic mass is 19.1. The average Bonchev–Trinajstić information content (AvgIpc) is 3.13. The Balaban J connectivity index is 1.63. The predicted molar refractivity (Wildman–Crippen MR) is 71.6 cm³/mol. The summed E-state index contributed by atoms with van der Waals surface area (Å²) in [6.45, 7) is 3.82. The van der Waals surface area contributed by atoms with Gasteiger partial charge in [-0.1, -0.05) is 11.6 Å². The zero-order valence-electron chi connectivity index (χ0n) is 11.2. The summed E-state index contributed by atoms with van der Waals surface area (Å²) in [6.07, 6.45) is 3.54. The zero-order chi connectivity index (χ0) is 13.4. The first-order chi connectivity index (χ1) is 9.13. The van der Waals surface area contributed by atoms with Gasteiger partial charge in [-0.15, -0.1) is 0 Å². The second-order valence-corrected chi connectivity index (χ2v) is 5.67. The molecule has 0 bridgehead atoms. The van der Waals surface area contributed by atoms with Crippen molar-refractivity contribution in [3.63, 3.8) is 0 Å². The van der Waals surface area contributed by atoms with Crippen LogP contribution in [0.2, 0.25) is 0 Å². The molecule has 3 nitrogen and oxygen atoms in total. The van der Waals surface area contributed by atoms with E-state index < -0.39 is 5.82 Å². The number of nitrogens with one attached hydrogen (secondary N) is 1. The van der Waals surface area contributed by atoms with Gasteiger partial charge in [-0.3, -0.25) is 9.69 Å². The van der Waals surface area contributed by atoms with E-state index in [1.807, 2.05) is 6.92 Å². The predicted octanol–water partition coefficient (Wildman–Crippen LogP) is 2.10. The lowest BCUT2D eigenvalue weighted by molar-refractivity contribution is 0.0933. The molecule has 1 saturated heterocycles. The largest absolute Gasteiger partial charge is 0.348 e. The lowest BCUT2D eigenvalue weighted by Gasteiger charge is -2.16. The zero-order valence-corrected chi connectivity index (χ0v) is 11.2. The number of rotatable bonds is 3. The summed E-state index contributed by atoms with van der Waals surface area (Å²) in [5.41, 5.74) is 1.06. The molecule has 1 amide bonds. The van der Waals surface area contributed by atoms with Crippen molar-refractivity contribution in [2.24, 2.45) is 0 Å². The van der Waals surface area contributed by atoms with E-state index in [1.165, 1.54) is 18.9 Å². The van der Waals surface area contributed by atoms with Crippen molar-refractivity contribution in [3.8, 4) is 0 Å². The number of hydrogen-bond donors (Lipinski definition) is 1. The van der Waals surface area contributed by atoms with Gasteiger partial charge in [0, 0.05) is 25.2 Å². The molecule has 0 radical (unpaired) electrons. The first kappa shape index (κ1) is 12.6. The molecular weight excluding hydrogens is 243 g/mol. The smallest absolute Gasteiger partial charge is 0.254 e. The van der Waals surface area contributed by atoms with Crippen LogP contribution in [0, 0.1) is 12.7 Å². The molecule has 1 saturated carbocycles. The summed E-state index contributed by atoms with van der Waals surface area (Å²) >= 11 is 0. The average molecular weight is 262 g/mol. The number of carbonyl (C=O) groups excluding carboxylic acids is 1. The summed E-state index contributed by atoms with van der Waals surface area (Å²) < 4.78 is 13.6. The first-order valence-corrected chi connectivity index (χ1v) is 6.94. The van der Waals surface area contributed by atoms with Crippen molar-refractivity contribution in [2.45, 2.75) is 38.3 Å². The van der Waals surface area contributed by atoms with Crippen molar-refractivity contribution in [3.05, 3.63) is 35.1 Å². The van der Waals surface area contributed by atoms with Gasteiger partial charge in [0.2, 0.25) is 0 Å². The van der Waals surface area contributed by atoms with Gasteiger partial charge in [-0.2, -0.15) is 0 Å². The normalized spacial score (nSPS) is 23.6. The molecule has 1 atom stereocenters. The molecule has 4 heteroatoms. The molecule has 2 aliphatic rings. The maximum atomic E-state index is 13.6. The molecule has 0 aromatic heterocycles. The Morgan fingerprint density at radius 3 is 2.89 bits per heavy atom. The second-order valence-electron chi connectivity index (χ2n) is 5.67. The van der Waals surface area contributed by atoms with E-state index in [0.29, 0.717) is 0 Å². The lowest BCUT2D eigenvalue weighted by atomic mass is 10.1. The lowest BCUT2D eigenvalue weighted by Crippen LogP contribution is -2.37. The van der Waals surface area contributed by atoms with Gasteiger partial charge in [-0.25, -0.2) is 4.39 Å². The third-order valence-electron chi connectivity index (χ3n) is 3.98. The maximum absolute atomic E-state index is 13.6. The Morgan fingerprint density at radius 1 is 1.37 bits per heavy atom. The Morgan fingerprint density at radius 2 is 2.16 bits per heavy atom. The molecular formula is C15H19FN2O. The Bertz CT molecular complexity index is 499. The number of likely N-dealkylation sites (tertiary alicyclic amines) is 1. The minimum Gasteiger partial charge on any atom is -0.348 e. The van der Waals surface area contributed by atoms with Crippen LogP contribution in [0.1, 0.15) is 35.2 Å². The topological polar surface area (TPSA) is 32.3 Å². The van der Waals surface area contributed by atoms with Crippen molar-refractivity contribution in [1.82, 2.24) is 10.2 Å². The van der Waals surface area contributed by atoms with Crippen LogP contribution < -0.4 is 5.32 Å². The highest BCUT2D eigenvalue weighted by Gasteiger charge is 2.34. The number of amides is 1. The maximum Gasteiger partial charge on any atom is 0.254 e. The molecule has 1 aliphatic heterocycles. The van der Waals surface area contributed by atoms with E-state index in [9.17, 15) is 9.18 Å². The summed E-state index contributed by atoms with van der Waals surface area (Å²) in [4.78, 5) is 14.5. The summed E-state index contributed by atoms with van der Waals surface area (Å²) in [5, 5.41) is 2.96. The van der Waals surface area contributed by atoms with Crippen LogP contribution in [0.15, 0.2) is 18.2 Å². The number of carbonyl (C=O) groups is 1. The quantitative estimate of drug-likeness (QED) is 0.904. The van der Waals surface area contributed by atoms with Crippen molar-refractivity contribution < 1.29 is 9.18 Å². The van der Waals surface area contributed by atoms with Crippen LogP contribution in [0.3, 0.4) is 0 Å². The van der Waals surface area contributed by atoms with Gasteiger partial charge in [0.1, 0.15) is 5.82 Å². The Hall–Kier alpha value is -1.42. The van der Waals surface area contributed by atoms with E-state index in [1.54, 1.807) is 12.1 Å². The van der Waals surface area contributed by atoms with E-state index in [-0.39, 0.29) is 17.5 Å². The molecule has 102 valence electrons. The Kier molecular flexibility index (Phi) is 3.27. The van der Waals surface area contributed by atoms with Crippen LogP contribution in [0.5, 0.6) is 0 Å². The SMILES string of the molecule is Cc1ccc(F)c(C(=O)NC2CCN(C3CC3)C2)c1. The number of nitrogens with zero attached hydrogens (tertiary/aromatic N) is 1. The van der Waals surface area contributed by atoms with Crippen LogP contribution in [-0.2, 0) is 0 Å². The van der Waals surface area contributed by atoms with E-state index in [4.69, 9.17) is 0 Å². The first-order valence-electron chi connectivity index (χ1n) is 6.94. The van der Waals surface area contributed by atoms with E-state index in [0.717, 1.165) is 31.1 Å². The van der Waals surface area contributed by atoms with Crippen LogP contribution >= 0.6 is 0 Å². The van der Waals surface area contributed by atoms with Gasteiger partial charge in [-0.05, 0) is 38.3 Å². The number of benzene rings is 1. The molecule has 1 aromatic rings. The molecule has 3 rings (SSSR count). The molecule has 1 unspecified atom stereocenters. The fourth-order valence-electron chi connectivity index (χ4n) is 2.75. The molecule has 1 heterocycles. The van der Waals surface area contributed by atoms with Gasteiger partial charge >= 0.3 is 0 Å². The highest BCUT2D eigenvalue weighted by molar-refractivity contribution is 5.94. The third kappa shape index (κ3) is 2.78. The van der Waals surface area contributed by atoms with Gasteiger partial charge in [0.05, 0.1) is 5.56 Å². The molecule has 0 spiro atoms. The monoisotopic (exact) mass is 262 g/mol. The highest BCUT2D eigenvalue weighted by Crippen LogP contribution is 2.29. The number of halogens is 1. The van der Waals surface area contributed by atoms with Crippen LogP contribution in [0.4, 0.5) is 4.39 Å². The summed E-state index contributed by atoms with van der Waals surface area (Å²) in [5.74, 6) is -0.732. The molecule has 19 heavy (non-hydrogen) atoms. The molecule has 1 aliphatic carbocycles. The molecule has 2 fully saturated rings. The van der Waals surface area contributed by atoms with Gasteiger partial charge in [0.25, 0.3) is 5.91 Å². The number of hydrogen-bond acceptors (Lipinski definition) is 2. The third-order valence-corrected chi connectivity index (χ3v) is 3.98. The van der Waals surface area contributed by atoms with Crippen LogP contribution in [0.25, 0.3) is 0 Å². The number of aryl methyl sites for hydroxylation is 1. The van der Waals surface area contributed by atoms with Crippen molar-refractivity contribution in [2.75, 3.05) is 13.1 Å². The summed E-state index contributed by atoms with van der Waals surface area (Å²) in [7, 11) is 0. The summed E-state index contributed by atoms with van der Waals surface area (Å²) in [6, 6.07) is 5.54. The van der Waals surface area contributed by atoms with E-state index >= 15 is 0 Å². The minimum absolute atomic E-state index is 0.157.